The fourth-order valence-electron chi connectivity index (χ4n) is 3.14. The minimum Gasteiger partial charge on any atom is -0.496 e. The second-order valence-corrected chi connectivity index (χ2v) is 6.50. The number of benzene rings is 2. The van der Waals surface area contributed by atoms with Crippen molar-refractivity contribution in [3.63, 3.8) is 0 Å². The van der Waals surface area contributed by atoms with E-state index in [1.165, 1.54) is 31.4 Å². The molecule has 0 bridgehead atoms. The van der Waals surface area contributed by atoms with Crippen LogP contribution in [0.5, 0.6) is 11.5 Å². The zero-order chi connectivity index (χ0) is 18.6. The number of carbonyl (C=O) groups is 1. The average Bonchev–Trinajstić information content (AvgIpc) is 2.67. The molecule has 1 saturated heterocycles. The molecule has 5 nitrogen and oxygen atoms in total. The third-order valence-electron chi connectivity index (χ3n) is 4.50. The van der Waals surface area contributed by atoms with Gasteiger partial charge in [-0.1, -0.05) is 12.1 Å². The van der Waals surface area contributed by atoms with Crippen molar-refractivity contribution in [1.29, 1.82) is 0 Å². The lowest BCUT2D eigenvalue weighted by atomic mass is 9.93. The number of nitrogens with zero attached hydrogens (tertiary/aromatic N) is 1. The molecule has 0 spiro atoms. The maximum Gasteiger partial charge on any atom is 0.257 e. The van der Waals surface area contributed by atoms with Crippen molar-refractivity contribution in [1.82, 2.24) is 4.90 Å². The Balaban J connectivity index is 1.67. The van der Waals surface area contributed by atoms with Gasteiger partial charge in [-0.25, -0.2) is 4.39 Å². The fourth-order valence-corrected chi connectivity index (χ4v) is 3.14. The molecule has 138 valence electrons. The van der Waals surface area contributed by atoms with Crippen LogP contribution in [0.3, 0.4) is 0 Å². The van der Waals surface area contributed by atoms with Gasteiger partial charge >= 0.3 is 0 Å². The molecule has 1 aliphatic rings. The first-order valence-corrected chi connectivity index (χ1v) is 8.54. The standard InChI is InChI=1S/C20H22FNO4/c1-25-18-6-3-2-5-17(18)19(23)22-12-4-11-20(24,13-22)14-26-16-9-7-15(21)8-10-16/h2-3,5-10,24H,4,11-14H2,1H3. The highest BCUT2D eigenvalue weighted by molar-refractivity contribution is 5.97. The Labute approximate surface area is 152 Å². The van der Waals surface area contributed by atoms with Gasteiger partial charge in [-0.2, -0.15) is 0 Å². The SMILES string of the molecule is COc1ccccc1C(=O)N1CCCC(O)(COc2ccc(F)cc2)C1. The van der Waals surface area contributed by atoms with Crippen LogP contribution >= 0.6 is 0 Å². The van der Waals surface area contributed by atoms with Crippen LogP contribution in [0.25, 0.3) is 0 Å². The van der Waals surface area contributed by atoms with Crippen molar-refractivity contribution in [2.45, 2.75) is 18.4 Å². The van der Waals surface area contributed by atoms with Gasteiger partial charge in [0.05, 0.1) is 19.2 Å². The van der Waals surface area contributed by atoms with Crippen molar-refractivity contribution in [2.75, 3.05) is 26.8 Å². The van der Waals surface area contributed by atoms with E-state index in [4.69, 9.17) is 9.47 Å². The van der Waals surface area contributed by atoms with Gasteiger partial charge in [0.1, 0.15) is 29.5 Å². The molecular weight excluding hydrogens is 337 g/mol. The van der Waals surface area contributed by atoms with Crippen molar-refractivity contribution in [3.05, 3.63) is 59.9 Å². The molecule has 1 heterocycles. The Morgan fingerprint density at radius 3 is 2.69 bits per heavy atom. The highest BCUT2D eigenvalue weighted by Crippen LogP contribution is 2.26. The second-order valence-electron chi connectivity index (χ2n) is 6.50. The van der Waals surface area contributed by atoms with E-state index in [-0.39, 0.29) is 24.9 Å². The van der Waals surface area contributed by atoms with Crippen LogP contribution in [0.15, 0.2) is 48.5 Å². The summed E-state index contributed by atoms with van der Waals surface area (Å²) in [5, 5.41) is 10.9. The van der Waals surface area contributed by atoms with Crippen LogP contribution in [0, 0.1) is 5.82 Å². The number of likely N-dealkylation sites (tertiary alicyclic amines) is 1. The largest absolute Gasteiger partial charge is 0.496 e. The summed E-state index contributed by atoms with van der Waals surface area (Å²) in [5.74, 6) is 0.465. The molecular formula is C20H22FNO4. The number of halogens is 1. The highest BCUT2D eigenvalue weighted by Gasteiger charge is 2.36. The maximum absolute atomic E-state index is 13.0. The maximum atomic E-state index is 13.0. The molecule has 1 aliphatic heterocycles. The number of ether oxygens (including phenoxy) is 2. The predicted molar refractivity (Wildman–Crippen MR) is 95.0 cm³/mol. The zero-order valence-electron chi connectivity index (χ0n) is 14.7. The number of carbonyl (C=O) groups excluding carboxylic acids is 1. The summed E-state index contributed by atoms with van der Waals surface area (Å²) in [7, 11) is 1.52. The van der Waals surface area contributed by atoms with E-state index >= 15 is 0 Å². The van der Waals surface area contributed by atoms with Gasteiger partial charge in [-0.15, -0.1) is 0 Å². The number of rotatable bonds is 5. The topological polar surface area (TPSA) is 59.0 Å². The Morgan fingerprint density at radius 2 is 1.96 bits per heavy atom. The van der Waals surface area contributed by atoms with Crippen molar-refractivity contribution in [2.24, 2.45) is 0 Å². The Morgan fingerprint density at radius 1 is 1.23 bits per heavy atom. The summed E-state index contributed by atoms with van der Waals surface area (Å²) < 4.78 is 23.8. The number of piperidine rings is 1. The summed E-state index contributed by atoms with van der Waals surface area (Å²) >= 11 is 0. The number of hydrogen-bond acceptors (Lipinski definition) is 4. The first-order valence-electron chi connectivity index (χ1n) is 8.54. The molecule has 1 unspecified atom stereocenters. The Kier molecular flexibility index (Phi) is 5.42. The fraction of sp³-hybridized carbons (Fsp3) is 0.350. The van der Waals surface area contributed by atoms with Gasteiger partial charge < -0.3 is 19.5 Å². The summed E-state index contributed by atoms with van der Waals surface area (Å²) in [6, 6.07) is 12.7. The van der Waals surface area contributed by atoms with Crippen molar-refractivity contribution in [3.8, 4) is 11.5 Å². The molecule has 0 aromatic heterocycles. The summed E-state index contributed by atoms with van der Waals surface area (Å²) in [6.45, 7) is 0.773. The molecule has 1 amide bonds. The Bertz CT molecular complexity index is 765. The van der Waals surface area contributed by atoms with Gasteiger partial charge in [0.2, 0.25) is 0 Å². The smallest absolute Gasteiger partial charge is 0.257 e. The molecule has 26 heavy (non-hydrogen) atoms. The predicted octanol–water partition coefficient (Wildman–Crippen LogP) is 2.88. The number of amides is 1. The van der Waals surface area contributed by atoms with Crippen LogP contribution < -0.4 is 9.47 Å². The lowest BCUT2D eigenvalue weighted by molar-refractivity contribution is -0.0532. The van der Waals surface area contributed by atoms with E-state index in [0.29, 0.717) is 36.4 Å². The molecule has 2 aromatic rings. The van der Waals surface area contributed by atoms with E-state index in [1.54, 1.807) is 29.2 Å². The van der Waals surface area contributed by atoms with Crippen LogP contribution in [0.1, 0.15) is 23.2 Å². The average molecular weight is 359 g/mol. The van der Waals surface area contributed by atoms with E-state index in [1.807, 2.05) is 0 Å². The van der Waals surface area contributed by atoms with E-state index in [2.05, 4.69) is 0 Å². The monoisotopic (exact) mass is 359 g/mol. The third kappa shape index (κ3) is 4.14. The van der Waals surface area contributed by atoms with Crippen molar-refractivity contribution < 1.29 is 23.8 Å². The number of aliphatic hydroxyl groups is 1. The molecule has 6 heteroatoms. The van der Waals surface area contributed by atoms with Gasteiger partial charge in [0, 0.05) is 6.54 Å². The minimum atomic E-state index is -1.15. The van der Waals surface area contributed by atoms with Crippen LogP contribution in [0.4, 0.5) is 4.39 Å². The first-order chi connectivity index (χ1) is 12.5. The quantitative estimate of drug-likeness (QED) is 0.892. The second kappa shape index (κ2) is 7.74. The normalized spacial score (nSPS) is 19.9. The number of hydrogen-bond donors (Lipinski definition) is 1. The molecule has 0 aliphatic carbocycles. The zero-order valence-corrected chi connectivity index (χ0v) is 14.7. The summed E-state index contributed by atoms with van der Waals surface area (Å²) in [4.78, 5) is 14.5. The molecule has 2 aromatic carbocycles. The van der Waals surface area contributed by atoms with E-state index in [0.717, 1.165) is 0 Å². The minimum absolute atomic E-state index is 0.0360. The van der Waals surface area contributed by atoms with Crippen LogP contribution in [0.2, 0.25) is 0 Å². The number of methoxy groups -OCH3 is 1. The van der Waals surface area contributed by atoms with E-state index < -0.39 is 5.60 Å². The van der Waals surface area contributed by atoms with Crippen LogP contribution in [-0.4, -0.2) is 48.3 Å². The third-order valence-corrected chi connectivity index (χ3v) is 4.50. The van der Waals surface area contributed by atoms with Crippen molar-refractivity contribution >= 4 is 5.91 Å². The number of β-amino-alcohol motifs (C(OH)–C–C–N with tert-alkyl or cyclic N) is 1. The number of para-hydroxylation sites is 1. The summed E-state index contributed by atoms with van der Waals surface area (Å²) in [5.41, 5.74) is -0.677. The lowest BCUT2D eigenvalue weighted by Crippen LogP contribution is -2.53. The van der Waals surface area contributed by atoms with Gasteiger partial charge in [0.25, 0.3) is 5.91 Å². The lowest BCUT2D eigenvalue weighted by Gasteiger charge is -2.39. The molecule has 1 atom stereocenters. The van der Waals surface area contributed by atoms with Gasteiger partial charge in [-0.3, -0.25) is 4.79 Å². The Hall–Kier alpha value is -2.60. The van der Waals surface area contributed by atoms with Gasteiger partial charge in [0.15, 0.2) is 0 Å². The first kappa shape index (κ1) is 18.2. The van der Waals surface area contributed by atoms with Gasteiger partial charge in [-0.05, 0) is 49.2 Å². The summed E-state index contributed by atoms with van der Waals surface area (Å²) in [6.07, 6.45) is 1.20. The molecule has 3 rings (SSSR count). The molecule has 1 fully saturated rings. The highest BCUT2D eigenvalue weighted by atomic mass is 19.1. The molecule has 1 N–H and O–H groups in total. The molecule has 0 saturated carbocycles. The van der Waals surface area contributed by atoms with Crippen LogP contribution in [-0.2, 0) is 0 Å². The molecule has 0 radical (unpaired) electrons. The van der Waals surface area contributed by atoms with E-state index in [9.17, 15) is 14.3 Å².